The first kappa shape index (κ1) is 15.8. The van der Waals surface area contributed by atoms with Crippen LogP contribution in [0.5, 0.6) is 0 Å². The Bertz CT molecular complexity index is 406. The van der Waals surface area contributed by atoms with Crippen LogP contribution in [0.25, 0.3) is 0 Å². The van der Waals surface area contributed by atoms with Gasteiger partial charge in [0.2, 0.25) is 5.95 Å². The van der Waals surface area contributed by atoms with Gasteiger partial charge in [-0.3, -0.25) is 0 Å². The lowest BCUT2D eigenvalue weighted by Gasteiger charge is -2.27. The number of aromatic nitrogens is 3. The lowest BCUT2D eigenvalue weighted by Crippen LogP contribution is -2.31. The summed E-state index contributed by atoms with van der Waals surface area (Å²) in [6.45, 7) is 10.4. The van der Waals surface area contributed by atoms with Crippen LogP contribution in [0.1, 0.15) is 52.4 Å². The molecule has 1 rings (SSSR count). The van der Waals surface area contributed by atoms with E-state index < -0.39 is 0 Å². The molecular formula is C14H26N4O. The Morgan fingerprint density at radius 1 is 1.16 bits per heavy atom. The molecule has 0 spiro atoms. The zero-order chi connectivity index (χ0) is 14.5. The van der Waals surface area contributed by atoms with Crippen molar-refractivity contribution in [3.8, 4) is 0 Å². The summed E-state index contributed by atoms with van der Waals surface area (Å²) < 4.78 is 5.43. The van der Waals surface area contributed by atoms with Gasteiger partial charge in [-0.2, -0.15) is 5.10 Å². The minimum absolute atomic E-state index is 0.156. The molecule has 0 bridgehead atoms. The Balaban J connectivity index is 2.72. The Labute approximate surface area is 116 Å². The standard InChI is InChI=1S/C14H26N4O/c1-7-11-12(8-2)17-18-13(16-11)15-10(3)9-14(4,5)19-6/h10H,7-9H2,1-6H3,(H,15,16,18). The third-order valence-corrected chi connectivity index (χ3v) is 3.24. The summed E-state index contributed by atoms with van der Waals surface area (Å²) in [5, 5.41) is 11.7. The number of nitrogens with one attached hydrogen (secondary N) is 1. The molecule has 1 atom stereocenters. The Kier molecular flexibility index (Phi) is 5.66. The number of ether oxygens (including phenoxy) is 1. The van der Waals surface area contributed by atoms with Crippen LogP contribution < -0.4 is 5.32 Å². The SMILES string of the molecule is CCc1nnc(NC(C)CC(C)(C)OC)nc1CC. The molecule has 1 aromatic heterocycles. The van der Waals surface area contributed by atoms with Crippen LogP contribution in [0.15, 0.2) is 0 Å². The van der Waals surface area contributed by atoms with Crippen LogP contribution in [-0.2, 0) is 17.6 Å². The molecule has 1 N–H and O–H groups in total. The maximum atomic E-state index is 5.43. The molecule has 108 valence electrons. The summed E-state index contributed by atoms with van der Waals surface area (Å²) in [5.41, 5.74) is 1.85. The van der Waals surface area contributed by atoms with Gasteiger partial charge < -0.3 is 10.1 Å². The lowest BCUT2D eigenvalue weighted by atomic mass is 10.00. The van der Waals surface area contributed by atoms with Crippen molar-refractivity contribution in [1.82, 2.24) is 15.2 Å². The van der Waals surface area contributed by atoms with E-state index >= 15 is 0 Å². The number of rotatable bonds is 7. The molecule has 0 aromatic carbocycles. The number of methoxy groups -OCH3 is 1. The minimum atomic E-state index is -0.156. The van der Waals surface area contributed by atoms with Crippen molar-refractivity contribution in [2.75, 3.05) is 12.4 Å². The number of aryl methyl sites for hydroxylation is 2. The van der Waals surface area contributed by atoms with Gasteiger partial charge in [0, 0.05) is 13.2 Å². The zero-order valence-electron chi connectivity index (χ0n) is 12.9. The van der Waals surface area contributed by atoms with Crippen molar-refractivity contribution < 1.29 is 4.74 Å². The summed E-state index contributed by atoms with van der Waals surface area (Å²) in [4.78, 5) is 4.53. The quantitative estimate of drug-likeness (QED) is 0.822. The molecule has 0 saturated heterocycles. The summed E-state index contributed by atoms with van der Waals surface area (Å²) >= 11 is 0. The first-order chi connectivity index (χ1) is 8.91. The number of anilines is 1. The molecule has 0 radical (unpaired) electrons. The highest BCUT2D eigenvalue weighted by molar-refractivity contribution is 5.27. The molecular weight excluding hydrogens is 240 g/mol. The summed E-state index contributed by atoms with van der Waals surface area (Å²) in [6.07, 6.45) is 2.63. The molecule has 19 heavy (non-hydrogen) atoms. The number of hydrogen-bond donors (Lipinski definition) is 1. The molecule has 0 aliphatic heterocycles. The van der Waals surface area contributed by atoms with E-state index in [1.807, 2.05) is 0 Å². The van der Waals surface area contributed by atoms with Crippen LogP contribution in [-0.4, -0.2) is 33.9 Å². The van der Waals surface area contributed by atoms with Gasteiger partial charge in [0.1, 0.15) is 0 Å². The van der Waals surface area contributed by atoms with Gasteiger partial charge in [-0.15, -0.1) is 5.10 Å². The first-order valence-electron chi connectivity index (χ1n) is 6.96. The molecule has 5 nitrogen and oxygen atoms in total. The van der Waals surface area contributed by atoms with Crippen molar-refractivity contribution in [3.05, 3.63) is 11.4 Å². The smallest absolute Gasteiger partial charge is 0.243 e. The predicted octanol–water partition coefficient (Wildman–Crippen LogP) is 2.61. The van der Waals surface area contributed by atoms with Crippen molar-refractivity contribution in [3.63, 3.8) is 0 Å². The van der Waals surface area contributed by atoms with E-state index in [2.05, 4.69) is 55.1 Å². The van der Waals surface area contributed by atoms with E-state index in [1.54, 1.807) is 7.11 Å². The van der Waals surface area contributed by atoms with Gasteiger partial charge in [0.25, 0.3) is 0 Å². The van der Waals surface area contributed by atoms with Gasteiger partial charge >= 0.3 is 0 Å². The van der Waals surface area contributed by atoms with Crippen LogP contribution >= 0.6 is 0 Å². The van der Waals surface area contributed by atoms with Crippen molar-refractivity contribution >= 4 is 5.95 Å². The van der Waals surface area contributed by atoms with Gasteiger partial charge in [-0.1, -0.05) is 13.8 Å². The summed E-state index contributed by atoms with van der Waals surface area (Å²) in [6, 6.07) is 0.230. The van der Waals surface area contributed by atoms with Gasteiger partial charge in [-0.05, 0) is 40.0 Å². The molecule has 0 fully saturated rings. The Morgan fingerprint density at radius 3 is 2.32 bits per heavy atom. The molecule has 0 amide bonds. The van der Waals surface area contributed by atoms with E-state index in [0.29, 0.717) is 5.95 Å². The second-order valence-electron chi connectivity index (χ2n) is 5.45. The summed E-state index contributed by atoms with van der Waals surface area (Å²) in [7, 11) is 1.73. The van der Waals surface area contributed by atoms with Crippen molar-refractivity contribution in [2.24, 2.45) is 0 Å². The second kappa shape index (κ2) is 6.80. The van der Waals surface area contributed by atoms with Crippen LogP contribution in [0, 0.1) is 0 Å². The van der Waals surface area contributed by atoms with Crippen molar-refractivity contribution in [1.29, 1.82) is 0 Å². The molecule has 1 unspecified atom stereocenters. The monoisotopic (exact) mass is 266 g/mol. The third-order valence-electron chi connectivity index (χ3n) is 3.24. The fourth-order valence-corrected chi connectivity index (χ4v) is 2.09. The predicted molar refractivity (Wildman–Crippen MR) is 77.4 cm³/mol. The molecule has 0 aliphatic carbocycles. The lowest BCUT2D eigenvalue weighted by molar-refractivity contribution is 0.0127. The normalized spacial score (nSPS) is 13.4. The third kappa shape index (κ3) is 4.74. The molecule has 1 heterocycles. The van der Waals surface area contributed by atoms with E-state index in [-0.39, 0.29) is 11.6 Å². The van der Waals surface area contributed by atoms with E-state index in [9.17, 15) is 0 Å². The Hall–Kier alpha value is -1.23. The van der Waals surface area contributed by atoms with Gasteiger partial charge in [0.05, 0.1) is 17.0 Å². The molecule has 1 aromatic rings. The van der Waals surface area contributed by atoms with E-state index in [0.717, 1.165) is 30.7 Å². The maximum absolute atomic E-state index is 5.43. The highest BCUT2D eigenvalue weighted by atomic mass is 16.5. The summed E-state index contributed by atoms with van der Waals surface area (Å²) in [5.74, 6) is 0.605. The van der Waals surface area contributed by atoms with Crippen LogP contribution in [0.3, 0.4) is 0 Å². The fourth-order valence-electron chi connectivity index (χ4n) is 2.09. The molecule has 0 aliphatic rings. The van der Waals surface area contributed by atoms with Gasteiger partial charge in [0.15, 0.2) is 0 Å². The van der Waals surface area contributed by atoms with Crippen LogP contribution in [0.2, 0.25) is 0 Å². The van der Waals surface area contributed by atoms with Crippen molar-refractivity contribution in [2.45, 2.75) is 65.5 Å². The topological polar surface area (TPSA) is 59.9 Å². The fraction of sp³-hybridized carbons (Fsp3) is 0.786. The highest BCUT2D eigenvalue weighted by Crippen LogP contribution is 2.17. The maximum Gasteiger partial charge on any atom is 0.243 e. The highest BCUT2D eigenvalue weighted by Gasteiger charge is 2.20. The number of nitrogens with zero attached hydrogens (tertiary/aromatic N) is 3. The molecule has 5 heteroatoms. The molecule has 0 saturated carbocycles. The van der Waals surface area contributed by atoms with Gasteiger partial charge in [-0.25, -0.2) is 4.98 Å². The Morgan fingerprint density at radius 2 is 1.79 bits per heavy atom. The minimum Gasteiger partial charge on any atom is -0.379 e. The average Bonchev–Trinajstić information content (AvgIpc) is 2.37. The van der Waals surface area contributed by atoms with E-state index in [1.165, 1.54) is 0 Å². The second-order valence-corrected chi connectivity index (χ2v) is 5.45. The van der Waals surface area contributed by atoms with Crippen LogP contribution in [0.4, 0.5) is 5.95 Å². The number of hydrogen-bond acceptors (Lipinski definition) is 5. The average molecular weight is 266 g/mol. The zero-order valence-corrected chi connectivity index (χ0v) is 12.9. The first-order valence-corrected chi connectivity index (χ1v) is 6.96. The van der Waals surface area contributed by atoms with E-state index in [4.69, 9.17) is 4.74 Å². The largest absolute Gasteiger partial charge is 0.379 e.